The van der Waals surface area contributed by atoms with Gasteiger partial charge < -0.3 is 15.7 Å². The van der Waals surface area contributed by atoms with E-state index in [0.717, 1.165) is 6.07 Å². The van der Waals surface area contributed by atoms with Crippen LogP contribution in [0.15, 0.2) is 18.2 Å². The Morgan fingerprint density at radius 2 is 2.14 bits per heavy atom. The Morgan fingerprint density at radius 1 is 1.48 bits per heavy atom. The van der Waals surface area contributed by atoms with E-state index in [1.165, 1.54) is 12.1 Å². The number of anilines is 1. The number of nitro groups is 1. The van der Waals surface area contributed by atoms with Crippen LogP contribution in [-0.4, -0.2) is 28.1 Å². The third-order valence-corrected chi connectivity index (χ3v) is 2.92. The van der Waals surface area contributed by atoms with Gasteiger partial charge in [-0.3, -0.25) is 10.1 Å². The molecule has 0 aliphatic heterocycles. The van der Waals surface area contributed by atoms with Crippen LogP contribution in [0.25, 0.3) is 0 Å². The highest BCUT2D eigenvalue weighted by molar-refractivity contribution is 6.33. The van der Waals surface area contributed by atoms with Gasteiger partial charge >= 0.3 is 12.0 Å². The summed E-state index contributed by atoms with van der Waals surface area (Å²) in [7, 11) is 0. The highest BCUT2D eigenvalue weighted by Crippen LogP contribution is 2.26. The minimum Gasteiger partial charge on any atom is -0.480 e. The number of urea groups is 1. The molecule has 9 heteroatoms. The number of nitrogens with one attached hydrogen (secondary N) is 2. The maximum absolute atomic E-state index is 11.7. The van der Waals surface area contributed by atoms with Crippen molar-refractivity contribution in [3.8, 4) is 0 Å². The molecule has 0 unspecified atom stereocenters. The first-order valence-electron chi connectivity index (χ1n) is 6.09. The lowest BCUT2D eigenvalue weighted by Crippen LogP contribution is -2.42. The van der Waals surface area contributed by atoms with Crippen molar-refractivity contribution in [1.82, 2.24) is 5.32 Å². The van der Waals surface area contributed by atoms with E-state index in [-0.39, 0.29) is 22.8 Å². The molecule has 1 rings (SSSR count). The lowest BCUT2D eigenvalue weighted by Gasteiger charge is -2.14. The Labute approximate surface area is 125 Å². The first kappa shape index (κ1) is 16.7. The van der Waals surface area contributed by atoms with E-state index >= 15 is 0 Å². The van der Waals surface area contributed by atoms with Crippen LogP contribution in [-0.2, 0) is 4.79 Å². The van der Waals surface area contributed by atoms with Gasteiger partial charge in [0.2, 0.25) is 0 Å². The van der Waals surface area contributed by atoms with E-state index in [9.17, 15) is 19.7 Å². The zero-order chi connectivity index (χ0) is 16.0. The van der Waals surface area contributed by atoms with Gasteiger partial charge in [-0.25, -0.2) is 9.59 Å². The van der Waals surface area contributed by atoms with E-state index in [0.29, 0.717) is 6.42 Å². The molecule has 0 spiro atoms. The van der Waals surface area contributed by atoms with Gasteiger partial charge in [0.25, 0.3) is 5.69 Å². The van der Waals surface area contributed by atoms with Gasteiger partial charge in [0, 0.05) is 12.1 Å². The quantitative estimate of drug-likeness (QED) is 0.550. The number of carbonyl (C=O) groups excluding carboxylic acids is 1. The molecule has 2 amide bonds. The van der Waals surface area contributed by atoms with Crippen LogP contribution in [0.2, 0.25) is 5.02 Å². The third kappa shape index (κ3) is 4.92. The van der Waals surface area contributed by atoms with Crippen molar-refractivity contribution in [1.29, 1.82) is 0 Å². The number of carboxylic acids is 1. The van der Waals surface area contributed by atoms with Crippen LogP contribution < -0.4 is 10.6 Å². The number of carboxylic acid groups (broad SMARTS) is 1. The number of aliphatic carboxylic acids is 1. The molecule has 8 nitrogen and oxygen atoms in total. The summed E-state index contributed by atoms with van der Waals surface area (Å²) in [5, 5.41) is 24.3. The summed E-state index contributed by atoms with van der Waals surface area (Å²) >= 11 is 5.82. The number of nitro benzene ring substituents is 1. The number of hydrogen-bond donors (Lipinski definition) is 3. The Kier molecular flexibility index (Phi) is 5.92. The summed E-state index contributed by atoms with van der Waals surface area (Å²) < 4.78 is 0. The number of nitrogens with zero attached hydrogens (tertiary/aromatic N) is 1. The Morgan fingerprint density at radius 3 is 2.67 bits per heavy atom. The van der Waals surface area contributed by atoms with E-state index < -0.39 is 23.0 Å². The predicted molar refractivity (Wildman–Crippen MR) is 76.6 cm³/mol. The zero-order valence-corrected chi connectivity index (χ0v) is 11.9. The predicted octanol–water partition coefficient (Wildman–Crippen LogP) is 2.62. The van der Waals surface area contributed by atoms with Gasteiger partial charge in [0.15, 0.2) is 0 Å². The van der Waals surface area contributed by atoms with Crippen molar-refractivity contribution >= 4 is 35.0 Å². The largest absolute Gasteiger partial charge is 0.480 e. The maximum Gasteiger partial charge on any atom is 0.326 e. The van der Waals surface area contributed by atoms with Gasteiger partial charge in [0.1, 0.15) is 6.04 Å². The van der Waals surface area contributed by atoms with Crippen LogP contribution in [0.5, 0.6) is 0 Å². The molecule has 0 radical (unpaired) electrons. The second-order valence-corrected chi connectivity index (χ2v) is 4.61. The minimum atomic E-state index is -1.16. The van der Waals surface area contributed by atoms with Gasteiger partial charge in [-0.05, 0) is 12.5 Å². The van der Waals surface area contributed by atoms with Crippen molar-refractivity contribution in [3.63, 3.8) is 0 Å². The van der Waals surface area contributed by atoms with Crippen molar-refractivity contribution in [2.24, 2.45) is 0 Å². The highest BCUT2D eigenvalue weighted by Gasteiger charge is 2.19. The standard InChI is InChI=1S/C12H14ClN3O5/c1-2-3-9(11(17)18)14-12(19)15-10-6-7(16(20)21)4-5-8(10)13/h4-6,9H,2-3H2,1H3,(H,17,18)(H2,14,15,19)/t9-/m0/s1. The number of carbonyl (C=O) groups is 2. The summed E-state index contributed by atoms with van der Waals surface area (Å²) in [4.78, 5) is 32.7. The monoisotopic (exact) mass is 315 g/mol. The fourth-order valence-corrected chi connectivity index (χ4v) is 1.75. The maximum atomic E-state index is 11.7. The Hall–Kier alpha value is -2.35. The molecule has 0 heterocycles. The molecule has 21 heavy (non-hydrogen) atoms. The normalized spacial score (nSPS) is 11.5. The van der Waals surface area contributed by atoms with Gasteiger partial charge in [0.05, 0.1) is 15.6 Å². The van der Waals surface area contributed by atoms with Crippen molar-refractivity contribution in [2.45, 2.75) is 25.8 Å². The highest BCUT2D eigenvalue weighted by atomic mass is 35.5. The van der Waals surface area contributed by atoms with Crippen LogP contribution in [0.1, 0.15) is 19.8 Å². The fraction of sp³-hybridized carbons (Fsp3) is 0.333. The number of non-ortho nitro benzene ring substituents is 1. The third-order valence-electron chi connectivity index (χ3n) is 2.59. The molecular weight excluding hydrogens is 302 g/mol. The summed E-state index contributed by atoms with van der Waals surface area (Å²) in [5.74, 6) is -1.16. The molecule has 0 aliphatic carbocycles. The molecule has 1 aromatic rings. The molecule has 0 aromatic heterocycles. The van der Waals surface area contributed by atoms with Crippen LogP contribution in [0, 0.1) is 10.1 Å². The van der Waals surface area contributed by atoms with Crippen LogP contribution in [0.4, 0.5) is 16.2 Å². The minimum absolute atomic E-state index is 0.0315. The SMILES string of the molecule is CCC[C@H](NC(=O)Nc1cc([N+](=O)[O-])ccc1Cl)C(=O)O. The summed E-state index contributed by atoms with van der Waals surface area (Å²) in [6.07, 6.45) is 0.847. The van der Waals surface area contributed by atoms with E-state index in [2.05, 4.69) is 10.6 Å². The zero-order valence-electron chi connectivity index (χ0n) is 11.1. The van der Waals surface area contributed by atoms with Crippen molar-refractivity contribution in [2.75, 3.05) is 5.32 Å². The Balaban J connectivity index is 2.80. The second kappa shape index (κ2) is 7.44. The van der Waals surface area contributed by atoms with Gasteiger partial charge in [-0.1, -0.05) is 24.9 Å². The summed E-state index contributed by atoms with van der Waals surface area (Å²) in [6.45, 7) is 1.78. The molecular formula is C12H14ClN3O5. The molecule has 0 saturated carbocycles. The number of halogens is 1. The summed E-state index contributed by atoms with van der Waals surface area (Å²) in [6, 6.07) is 1.74. The molecule has 0 fully saturated rings. The molecule has 1 atom stereocenters. The molecule has 0 aliphatic rings. The molecule has 0 saturated heterocycles. The number of hydrogen-bond acceptors (Lipinski definition) is 4. The van der Waals surface area contributed by atoms with E-state index in [4.69, 9.17) is 16.7 Å². The lowest BCUT2D eigenvalue weighted by atomic mass is 10.2. The average molecular weight is 316 g/mol. The van der Waals surface area contributed by atoms with Gasteiger partial charge in [-0.2, -0.15) is 0 Å². The molecule has 114 valence electrons. The van der Waals surface area contributed by atoms with Crippen LogP contribution >= 0.6 is 11.6 Å². The average Bonchev–Trinajstić information content (AvgIpc) is 2.40. The molecule has 3 N–H and O–H groups in total. The van der Waals surface area contributed by atoms with E-state index in [1.807, 2.05) is 0 Å². The number of benzene rings is 1. The lowest BCUT2D eigenvalue weighted by molar-refractivity contribution is -0.384. The second-order valence-electron chi connectivity index (χ2n) is 4.20. The first-order valence-corrected chi connectivity index (χ1v) is 6.47. The fourth-order valence-electron chi connectivity index (χ4n) is 1.59. The topological polar surface area (TPSA) is 122 Å². The number of rotatable bonds is 6. The first-order chi connectivity index (χ1) is 9.85. The molecule has 0 bridgehead atoms. The Bertz CT molecular complexity index is 564. The van der Waals surface area contributed by atoms with Gasteiger partial charge in [-0.15, -0.1) is 0 Å². The summed E-state index contributed by atoms with van der Waals surface area (Å²) in [5.41, 5.74) is -0.206. The van der Waals surface area contributed by atoms with Crippen LogP contribution in [0.3, 0.4) is 0 Å². The molecule has 1 aromatic carbocycles. The smallest absolute Gasteiger partial charge is 0.326 e. The van der Waals surface area contributed by atoms with E-state index in [1.54, 1.807) is 6.92 Å². The van der Waals surface area contributed by atoms with Crippen molar-refractivity contribution < 1.29 is 19.6 Å². The number of amides is 2. The van der Waals surface area contributed by atoms with Crippen molar-refractivity contribution in [3.05, 3.63) is 33.3 Å².